The molecule has 4 atom stereocenters. The summed E-state index contributed by atoms with van der Waals surface area (Å²) in [4.78, 5) is 34.9. The molecule has 0 radical (unpaired) electrons. The number of rotatable bonds is 11. The third kappa shape index (κ3) is 7.65. The van der Waals surface area contributed by atoms with Gasteiger partial charge in [0.15, 0.2) is 5.60 Å². The number of fused-ring (bicyclic) bond motifs is 1. The Hall–Kier alpha value is -2.41. The van der Waals surface area contributed by atoms with E-state index >= 15 is 0 Å². The van der Waals surface area contributed by atoms with Crippen LogP contribution >= 0.6 is 0 Å². The van der Waals surface area contributed by atoms with Crippen molar-refractivity contribution in [2.75, 3.05) is 6.61 Å². The predicted molar refractivity (Wildman–Crippen MR) is 115 cm³/mol. The van der Waals surface area contributed by atoms with E-state index in [0.29, 0.717) is 12.8 Å². The molecule has 4 unspecified atom stereocenters. The van der Waals surface area contributed by atoms with E-state index in [1.807, 2.05) is 0 Å². The van der Waals surface area contributed by atoms with E-state index in [0.717, 1.165) is 19.3 Å². The number of esters is 3. The van der Waals surface area contributed by atoms with Gasteiger partial charge in [0.25, 0.3) is 0 Å². The highest BCUT2D eigenvalue weighted by molar-refractivity contribution is 5.84. The Morgan fingerprint density at radius 3 is 2.48 bits per heavy atom. The highest BCUT2D eigenvalue weighted by Gasteiger charge is 2.67. The van der Waals surface area contributed by atoms with E-state index in [-0.39, 0.29) is 18.7 Å². The lowest BCUT2D eigenvalue weighted by atomic mass is 9.88. The first-order chi connectivity index (χ1) is 14.6. The van der Waals surface area contributed by atoms with E-state index in [1.54, 1.807) is 6.08 Å². The van der Waals surface area contributed by atoms with Gasteiger partial charge in [-0.1, -0.05) is 23.3 Å². The lowest BCUT2D eigenvalue weighted by Gasteiger charge is -2.29. The van der Waals surface area contributed by atoms with Crippen molar-refractivity contribution in [1.82, 2.24) is 0 Å². The molecule has 0 N–H and O–H groups in total. The zero-order valence-electron chi connectivity index (χ0n) is 19.1. The zero-order chi connectivity index (χ0) is 23.0. The molecular weight excluding hydrogens is 400 g/mol. The largest absolute Gasteiger partial charge is 0.465 e. The number of hydrogen-bond acceptors (Lipinski definition) is 7. The van der Waals surface area contributed by atoms with Gasteiger partial charge in [-0.3, -0.25) is 9.59 Å². The number of hydrogen-bond donors (Lipinski definition) is 0. The monoisotopic (exact) mass is 434 g/mol. The van der Waals surface area contributed by atoms with Crippen molar-refractivity contribution >= 4 is 17.9 Å². The molecule has 172 valence electrons. The molecule has 7 nitrogen and oxygen atoms in total. The van der Waals surface area contributed by atoms with Gasteiger partial charge in [0.05, 0.1) is 12.2 Å². The molecule has 0 aromatic heterocycles. The molecule has 0 aliphatic carbocycles. The van der Waals surface area contributed by atoms with Crippen LogP contribution in [0.2, 0.25) is 0 Å². The van der Waals surface area contributed by atoms with E-state index in [9.17, 15) is 14.4 Å². The van der Waals surface area contributed by atoms with E-state index < -0.39 is 29.6 Å². The fourth-order valence-electron chi connectivity index (χ4n) is 3.68. The van der Waals surface area contributed by atoms with Crippen LogP contribution in [0.5, 0.6) is 0 Å². The van der Waals surface area contributed by atoms with Crippen LogP contribution in [0.25, 0.3) is 0 Å². The molecule has 2 heterocycles. The highest BCUT2D eigenvalue weighted by atomic mass is 16.7. The van der Waals surface area contributed by atoms with Gasteiger partial charge < -0.3 is 18.9 Å². The Morgan fingerprint density at radius 2 is 1.87 bits per heavy atom. The number of epoxide rings is 1. The SMILES string of the molecule is CC(=O)O/C=C/C(COC(C)=O)C1CC2OC2(CC/C=C(\C)CCC=C(C)C)C(=O)O1. The molecule has 0 aromatic rings. The summed E-state index contributed by atoms with van der Waals surface area (Å²) in [6.07, 6.45) is 10.3. The van der Waals surface area contributed by atoms with Crippen molar-refractivity contribution in [2.24, 2.45) is 5.92 Å². The van der Waals surface area contributed by atoms with Gasteiger partial charge in [0.2, 0.25) is 0 Å². The summed E-state index contributed by atoms with van der Waals surface area (Å²) in [5.74, 6) is -1.70. The molecule has 0 aromatic carbocycles. The Labute approximate surface area is 184 Å². The number of ether oxygens (including phenoxy) is 4. The molecule has 0 bridgehead atoms. The molecule has 2 aliphatic rings. The third-order valence-corrected chi connectivity index (χ3v) is 5.48. The Bertz CT molecular complexity index is 760. The molecule has 0 saturated carbocycles. The maximum Gasteiger partial charge on any atom is 0.341 e. The topological polar surface area (TPSA) is 91.4 Å². The van der Waals surface area contributed by atoms with Crippen LogP contribution in [-0.4, -0.2) is 42.3 Å². The summed E-state index contributed by atoms with van der Waals surface area (Å²) in [5.41, 5.74) is 1.75. The van der Waals surface area contributed by atoms with Gasteiger partial charge in [0.1, 0.15) is 18.8 Å². The van der Waals surface area contributed by atoms with Crippen LogP contribution in [0, 0.1) is 5.92 Å². The van der Waals surface area contributed by atoms with Crippen LogP contribution < -0.4 is 0 Å². The van der Waals surface area contributed by atoms with E-state index in [1.165, 1.54) is 31.3 Å². The lowest BCUT2D eigenvalue weighted by molar-refractivity contribution is -0.162. The quantitative estimate of drug-likeness (QED) is 0.158. The minimum Gasteiger partial charge on any atom is -0.465 e. The Balaban J connectivity index is 1.91. The van der Waals surface area contributed by atoms with Crippen LogP contribution in [0.3, 0.4) is 0 Å². The van der Waals surface area contributed by atoms with Crippen LogP contribution in [0.15, 0.2) is 35.6 Å². The van der Waals surface area contributed by atoms with Crippen molar-refractivity contribution in [3.05, 3.63) is 35.6 Å². The summed E-state index contributed by atoms with van der Waals surface area (Å²) >= 11 is 0. The normalized spacial score (nSPS) is 26.0. The molecule has 7 heteroatoms. The molecule has 2 rings (SSSR count). The summed E-state index contributed by atoms with van der Waals surface area (Å²) in [6.45, 7) is 8.91. The van der Waals surface area contributed by atoms with E-state index in [4.69, 9.17) is 18.9 Å². The molecule has 0 spiro atoms. The average Bonchev–Trinajstić information content (AvgIpc) is 3.38. The molecule has 2 fully saturated rings. The van der Waals surface area contributed by atoms with Gasteiger partial charge in [-0.25, -0.2) is 4.79 Å². The summed E-state index contributed by atoms with van der Waals surface area (Å²) in [6, 6.07) is 0. The first-order valence-corrected chi connectivity index (χ1v) is 10.8. The van der Waals surface area contributed by atoms with Crippen LogP contribution in [-0.2, 0) is 33.3 Å². The number of cyclic esters (lactones) is 1. The van der Waals surface area contributed by atoms with Crippen molar-refractivity contribution < 1.29 is 33.3 Å². The highest BCUT2D eigenvalue weighted by Crippen LogP contribution is 2.49. The maximum atomic E-state index is 12.7. The van der Waals surface area contributed by atoms with E-state index in [2.05, 4.69) is 32.9 Å². The summed E-state index contributed by atoms with van der Waals surface area (Å²) < 4.78 is 21.4. The first kappa shape index (κ1) is 24.9. The van der Waals surface area contributed by atoms with Gasteiger partial charge in [-0.2, -0.15) is 0 Å². The molecule has 0 amide bonds. The van der Waals surface area contributed by atoms with Crippen molar-refractivity contribution in [3.63, 3.8) is 0 Å². The van der Waals surface area contributed by atoms with Gasteiger partial charge in [-0.15, -0.1) is 0 Å². The molecule has 2 saturated heterocycles. The van der Waals surface area contributed by atoms with Crippen molar-refractivity contribution in [3.8, 4) is 0 Å². The molecule has 2 aliphatic heterocycles. The standard InChI is InChI=1S/C24H34O7/c1-16(2)8-6-9-17(3)10-7-12-24-22(31-24)14-21(30-23(24)27)20(15-29-19(5)26)11-13-28-18(4)25/h8,10-11,13,20-22H,6-7,9,12,14-15H2,1-5H3/b13-11+,17-10+. The Kier molecular flexibility index (Phi) is 9.04. The minimum absolute atomic E-state index is 0.0262. The summed E-state index contributed by atoms with van der Waals surface area (Å²) in [7, 11) is 0. The second-order valence-corrected chi connectivity index (χ2v) is 8.49. The number of allylic oxidation sites excluding steroid dienone is 4. The number of carbonyl (C=O) groups is 3. The lowest BCUT2D eigenvalue weighted by Crippen LogP contribution is -2.43. The molecule has 31 heavy (non-hydrogen) atoms. The van der Waals surface area contributed by atoms with Crippen LogP contribution in [0.1, 0.15) is 66.7 Å². The minimum atomic E-state index is -0.862. The second kappa shape index (κ2) is 11.3. The van der Waals surface area contributed by atoms with Crippen molar-refractivity contribution in [2.45, 2.75) is 84.5 Å². The Morgan fingerprint density at radius 1 is 1.13 bits per heavy atom. The number of carbonyl (C=O) groups excluding carboxylic acids is 3. The van der Waals surface area contributed by atoms with Gasteiger partial charge >= 0.3 is 17.9 Å². The second-order valence-electron chi connectivity index (χ2n) is 8.49. The van der Waals surface area contributed by atoms with Crippen LogP contribution in [0.4, 0.5) is 0 Å². The third-order valence-electron chi connectivity index (χ3n) is 5.48. The van der Waals surface area contributed by atoms with Crippen molar-refractivity contribution in [1.29, 1.82) is 0 Å². The maximum absolute atomic E-state index is 12.7. The van der Waals surface area contributed by atoms with Gasteiger partial charge in [0, 0.05) is 20.3 Å². The molecular formula is C24H34O7. The zero-order valence-corrected chi connectivity index (χ0v) is 19.1. The fourth-order valence-corrected chi connectivity index (χ4v) is 3.68. The average molecular weight is 435 g/mol. The predicted octanol–water partition coefficient (Wildman–Crippen LogP) is 4.17. The summed E-state index contributed by atoms with van der Waals surface area (Å²) in [5, 5.41) is 0. The smallest absolute Gasteiger partial charge is 0.341 e. The first-order valence-electron chi connectivity index (χ1n) is 10.8. The van der Waals surface area contributed by atoms with Gasteiger partial charge in [-0.05, 0) is 52.5 Å². The fraction of sp³-hybridized carbons (Fsp3) is 0.625.